The van der Waals surface area contributed by atoms with E-state index in [-0.39, 0.29) is 52.9 Å². The molecule has 1 aliphatic heterocycles. The number of benzene rings is 2. The highest BCUT2D eigenvalue weighted by Crippen LogP contribution is 2.57. The Hall–Kier alpha value is -4.88. The van der Waals surface area contributed by atoms with E-state index in [9.17, 15) is 50.6 Å². The van der Waals surface area contributed by atoms with E-state index in [0.717, 1.165) is 6.08 Å². The van der Waals surface area contributed by atoms with E-state index < -0.39 is 76.2 Å². The van der Waals surface area contributed by atoms with Gasteiger partial charge in [0, 0.05) is 22.6 Å². The maximum Gasteiger partial charge on any atom is 0.416 e. The third-order valence-electron chi connectivity index (χ3n) is 9.23. The molecule has 1 heterocycles. The first-order chi connectivity index (χ1) is 22.0. The van der Waals surface area contributed by atoms with Gasteiger partial charge in [-0.15, -0.1) is 0 Å². The van der Waals surface area contributed by atoms with Crippen molar-refractivity contribution >= 4 is 29.1 Å². The number of carbonyl (C=O) groups excluding carboxylic acids is 4. The molecule has 0 saturated carbocycles. The van der Waals surface area contributed by atoms with Gasteiger partial charge in [0.25, 0.3) is 0 Å². The molecule has 2 aromatic rings. The van der Waals surface area contributed by atoms with E-state index in [1.54, 1.807) is 6.08 Å². The third-order valence-corrected chi connectivity index (χ3v) is 9.23. The molecule has 8 nitrogen and oxygen atoms in total. The lowest BCUT2D eigenvalue weighted by Crippen LogP contribution is -2.39. The highest BCUT2D eigenvalue weighted by Gasteiger charge is 2.57. The number of hydrogen-bond donors (Lipinski definition) is 1. The molecule has 0 spiro atoms. The van der Waals surface area contributed by atoms with Crippen LogP contribution in [0.4, 0.5) is 32.0 Å². The van der Waals surface area contributed by atoms with Crippen molar-refractivity contribution in [1.82, 2.24) is 0 Å². The number of carbonyl (C=O) groups is 4. The molecule has 0 aromatic heterocycles. The number of rotatable bonds is 4. The van der Waals surface area contributed by atoms with Gasteiger partial charge in [-0.05, 0) is 67.7 Å². The first kappa shape index (κ1) is 32.1. The summed E-state index contributed by atoms with van der Waals surface area (Å²) in [7, 11) is 2.57. The highest BCUT2D eigenvalue weighted by molar-refractivity contribution is 6.25. The monoisotopic (exact) mass is 661 g/mol. The summed E-state index contributed by atoms with van der Waals surface area (Å²) in [4.78, 5) is 55.0. The Bertz CT molecular complexity index is 1810. The number of nitrogens with zero attached hydrogens (tertiary/aromatic N) is 1. The predicted molar refractivity (Wildman–Crippen MR) is 151 cm³/mol. The van der Waals surface area contributed by atoms with E-state index in [1.807, 2.05) is 0 Å². The summed E-state index contributed by atoms with van der Waals surface area (Å²) in [6.45, 7) is 1.47. The number of anilines is 1. The molecule has 2 amide bonds. The maximum atomic E-state index is 14.0. The topological polar surface area (TPSA) is 110 Å². The van der Waals surface area contributed by atoms with Crippen LogP contribution in [0.15, 0.2) is 64.8 Å². The van der Waals surface area contributed by atoms with Crippen molar-refractivity contribution in [2.24, 2.45) is 17.8 Å². The zero-order chi connectivity index (χ0) is 34.3. The Kier molecular flexibility index (Phi) is 7.40. The lowest BCUT2D eigenvalue weighted by molar-refractivity contribution is -0.143. The fourth-order valence-electron chi connectivity index (χ4n) is 7.14. The Labute approximate surface area is 262 Å². The molecule has 246 valence electrons. The number of hydrogen-bond acceptors (Lipinski definition) is 7. The molecule has 6 rings (SSSR count). The zero-order valence-corrected chi connectivity index (χ0v) is 24.9. The molecule has 2 aromatic carbocycles. The van der Waals surface area contributed by atoms with E-state index in [2.05, 4.69) is 0 Å². The summed E-state index contributed by atoms with van der Waals surface area (Å²) in [6, 6.07) is 3.42. The number of imide groups is 1. The van der Waals surface area contributed by atoms with Crippen molar-refractivity contribution in [3.8, 4) is 17.2 Å². The molecular formula is C33H25F6NO7. The molecule has 47 heavy (non-hydrogen) atoms. The largest absolute Gasteiger partial charge is 0.502 e. The summed E-state index contributed by atoms with van der Waals surface area (Å²) in [5, 5.41) is 10.5. The molecule has 4 atom stereocenters. The van der Waals surface area contributed by atoms with Crippen molar-refractivity contribution < 1.29 is 60.1 Å². The van der Waals surface area contributed by atoms with E-state index >= 15 is 0 Å². The fraction of sp³-hybridized carbons (Fsp3) is 0.333. The molecule has 14 heteroatoms. The van der Waals surface area contributed by atoms with Crippen LogP contribution in [-0.2, 0) is 31.5 Å². The van der Waals surface area contributed by atoms with Gasteiger partial charge in [-0.1, -0.05) is 11.6 Å². The number of Topliss-reactive ketones (excluding diaryl/α,β-unsaturated/α-hetero) is 1. The maximum absolute atomic E-state index is 14.0. The van der Waals surface area contributed by atoms with Crippen molar-refractivity contribution in [3.05, 3.63) is 81.5 Å². The van der Waals surface area contributed by atoms with Crippen LogP contribution in [-0.4, -0.2) is 42.7 Å². The molecular weight excluding hydrogens is 636 g/mol. The SMILES string of the molecule is COc1cc(C2C3=CCC4C(=O)N(c5cc(C(F)(F)F)cc(C(F)(F)F)c5)C(=O)C4C3CC3=C2C(=O)C(C)=CC3=O)cc(OC)c1O. The van der Waals surface area contributed by atoms with Crippen LogP contribution in [0.1, 0.15) is 42.4 Å². The molecule has 4 unspecified atom stereocenters. The smallest absolute Gasteiger partial charge is 0.416 e. The summed E-state index contributed by atoms with van der Waals surface area (Å²) in [6.07, 6.45) is -7.95. The van der Waals surface area contributed by atoms with Crippen LogP contribution in [0.25, 0.3) is 0 Å². The van der Waals surface area contributed by atoms with Crippen LogP contribution < -0.4 is 14.4 Å². The number of amides is 2. The molecule has 0 bridgehead atoms. The second-order valence-electron chi connectivity index (χ2n) is 11.8. The van der Waals surface area contributed by atoms with Crippen LogP contribution in [0.2, 0.25) is 0 Å². The van der Waals surface area contributed by atoms with Gasteiger partial charge < -0.3 is 14.6 Å². The van der Waals surface area contributed by atoms with Crippen molar-refractivity contribution in [2.45, 2.75) is 38.0 Å². The first-order valence-corrected chi connectivity index (χ1v) is 14.3. The Morgan fingerprint density at radius 3 is 1.94 bits per heavy atom. The van der Waals surface area contributed by atoms with E-state index in [0.29, 0.717) is 28.2 Å². The molecule has 1 N–H and O–H groups in total. The van der Waals surface area contributed by atoms with Gasteiger partial charge in [0.1, 0.15) is 0 Å². The number of halogens is 6. The zero-order valence-electron chi connectivity index (χ0n) is 24.9. The van der Waals surface area contributed by atoms with Crippen molar-refractivity contribution in [2.75, 3.05) is 19.1 Å². The average molecular weight is 662 g/mol. The van der Waals surface area contributed by atoms with Gasteiger partial charge in [-0.3, -0.25) is 19.2 Å². The van der Waals surface area contributed by atoms with Gasteiger partial charge in [0.15, 0.2) is 23.1 Å². The summed E-state index contributed by atoms with van der Waals surface area (Å²) in [5.41, 5.74) is -3.10. The second-order valence-corrected chi connectivity index (χ2v) is 11.8. The van der Waals surface area contributed by atoms with Crippen LogP contribution in [0.5, 0.6) is 17.2 Å². The van der Waals surface area contributed by atoms with Crippen LogP contribution >= 0.6 is 0 Å². The minimum atomic E-state index is -5.21. The van der Waals surface area contributed by atoms with Crippen LogP contribution in [0.3, 0.4) is 0 Å². The number of alkyl halides is 6. The number of ether oxygens (including phenoxy) is 2. The Morgan fingerprint density at radius 2 is 1.40 bits per heavy atom. The number of fused-ring (bicyclic) bond motifs is 3. The number of phenolic OH excluding ortho intramolecular Hbond substituents is 1. The normalized spacial score (nSPS) is 24.5. The minimum Gasteiger partial charge on any atom is -0.502 e. The number of allylic oxidation sites excluding steroid dienone is 6. The van der Waals surface area contributed by atoms with Gasteiger partial charge in [-0.2, -0.15) is 26.3 Å². The molecule has 3 aliphatic carbocycles. The quantitative estimate of drug-likeness (QED) is 0.183. The van der Waals surface area contributed by atoms with E-state index in [4.69, 9.17) is 9.47 Å². The number of methoxy groups -OCH3 is 2. The summed E-state index contributed by atoms with van der Waals surface area (Å²) >= 11 is 0. The average Bonchev–Trinajstić information content (AvgIpc) is 3.27. The molecule has 4 aliphatic rings. The Balaban J connectivity index is 1.50. The molecule has 1 fully saturated rings. The van der Waals surface area contributed by atoms with Gasteiger partial charge in [0.2, 0.25) is 17.6 Å². The number of phenols is 1. The molecule has 0 radical (unpaired) electrons. The van der Waals surface area contributed by atoms with Crippen LogP contribution in [0, 0.1) is 17.8 Å². The number of ketones is 2. The fourth-order valence-corrected chi connectivity index (χ4v) is 7.14. The Morgan fingerprint density at radius 1 is 0.830 bits per heavy atom. The van der Waals surface area contributed by atoms with Gasteiger partial charge in [0.05, 0.1) is 42.9 Å². The minimum absolute atomic E-state index is 0.0249. The van der Waals surface area contributed by atoms with Gasteiger partial charge in [-0.25, -0.2) is 4.90 Å². The van der Waals surface area contributed by atoms with E-state index in [1.165, 1.54) is 33.3 Å². The van der Waals surface area contributed by atoms with Crippen molar-refractivity contribution in [1.29, 1.82) is 0 Å². The highest BCUT2D eigenvalue weighted by atomic mass is 19.4. The third kappa shape index (κ3) is 5.01. The summed E-state index contributed by atoms with van der Waals surface area (Å²) < 4.78 is 92.5. The molecule has 1 saturated heterocycles. The lowest BCUT2D eigenvalue weighted by Gasteiger charge is -2.42. The standard InChI is InChI=1S/C33H25F6NO7/c1-13-6-22(41)21-12-20-18(25(27(21)28(13)42)14-7-23(46-2)29(43)24(8-14)47-3)4-5-19-26(20)31(45)40(30(19)44)17-10-15(32(34,35)36)9-16(11-17)33(37,38)39/h4,6-11,19-20,25-26,43H,5,12H2,1-3H3. The second kappa shape index (κ2) is 10.8. The number of aromatic hydroxyl groups is 1. The summed E-state index contributed by atoms with van der Waals surface area (Å²) in [5.74, 6) is -7.69. The first-order valence-electron chi connectivity index (χ1n) is 14.3. The van der Waals surface area contributed by atoms with Gasteiger partial charge >= 0.3 is 12.4 Å². The lowest BCUT2D eigenvalue weighted by atomic mass is 9.59. The predicted octanol–water partition coefficient (Wildman–Crippen LogP) is 6.08. The van der Waals surface area contributed by atoms with Crippen molar-refractivity contribution in [3.63, 3.8) is 0 Å².